The molecule has 19 heavy (non-hydrogen) atoms. The second kappa shape index (κ2) is 5.26. The van der Waals surface area contributed by atoms with E-state index in [0.717, 1.165) is 18.2 Å². The van der Waals surface area contributed by atoms with Gasteiger partial charge >= 0.3 is 0 Å². The Morgan fingerprint density at radius 3 is 2.32 bits per heavy atom. The van der Waals surface area contributed by atoms with Gasteiger partial charge in [0.05, 0.1) is 5.56 Å². The number of rotatable bonds is 3. The molecule has 0 bridgehead atoms. The number of carbonyl (C=O) groups excluding carboxylic acids is 1. The predicted molar refractivity (Wildman–Crippen MR) is 65.5 cm³/mol. The van der Waals surface area contributed by atoms with Crippen molar-refractivity contribution in [2.45, 2.75) is 13.3 Å². The molecule has 0 heterocycles. The summed E-state index contributed by atoms with van der Waals surface area (Å²) in [6, 6.07) is 6.74. The number of carbonyl (C=O) groups is 1. The Hall–Kier alpha value is -2.10. The van der Waals surface area contributed by atoms with Crippen molar-refractivity contribution in [2.24, 2.45) is 0 Å². The molecule has 98 valence electrons. The maximum Gasteiger partial charge on any atom is 0.170 e. The van der Waals surface area contributed by atoms with Crippen molar-refractivity contribution in [1.82, 2.24) is 0 Å². The number of benzene rings is 2. The fourth-order valence-electron chi connectivity index (χ4n) is 1.84. The summed E-state index contributed by atoms with van der Waals surface area (Å²) in [5.74, 6) is -2.36. The van der Waals surface area contributed by atoms with E-state index in [1.54, 1.807) is 6.92 Å². The van der Waals surface area contributed by atoms with Gasteiger partial charge in [-0.2, -0.15) is 0 Å². The van der Waals surface area contributed by atoms with E-state index >= 15 is 0 Å². The zero-order valence-corrected chi connectivity index (χ0v) is 10.2. The van der Waals surface area contributed by atoms with Gasteiger partial charge in [0.25, 0.3) is 0 Å². The normalized spacial score (nSPS) is 10.5. The molecule has 0 aliphatic carbocycles. The first kappa shape index (κ1) is 13.3. The van der Waals surface area contributed by atoms with Gasteiger partial charge in [-0.25, -0.2) is 13.2 Å². The molecule has 0 amide bonds. The van der Waals surface area contributed by atoms with Crippen LogP contribution in [0.3, 0.4) is 0 Å². The lowest BCUT2D eigenvalue weighted by Crippen LogP contribution is -2.08. The molecule has 0 unspecified atom stereocenters. The van der Waals surface area contributed by atoms with E-state index in [0.29, 0.717) is 11.1 Å². The molecular formula is C15H11F3O. The van der Waals surface area contributed by atoms with Crippen molar-refractivity contribution in [1.29, 1.82) is 0 Å². The van der Waals surface area contributed by atoms with Crippen LogP contribution >= 0.6 is 0 Å². The third-order valence-electron chi connectivity index (χ3n) is 2.88. The lowest BCUT2D eigenvalue weighted by Gasteiger charge is -2.06. The molecule has 0 saturated carbocycles. The molecular weight excluding hydrogens is 253 g/mol. The first-order valence-corrected chi connectivity index (χ1v) is 5.70. The van der Waals surface area contributed by atoms with Crippen molar-refractivity contribution in [3.05, 3.63) is 70.5 Å². The zero-order chi connectivity index (χ0) is 14.0. The molecule has 2 rings (SSSR count). The maximum atomic E-state index is 13.4. The van der Waals surface area contributed by atoms with Crippen LogP contribution in [0, 0.1) is 24.4 Å². The predicted octanol–water partition coefficient (Wildman–Crippen LogP) is 3.84. The Labute approximate surface area is 108 Å². The van der Waals surface area contributed by atoms with Gasteiger partial charge in [0.1, 0.15) is 17.5 Å². The molecule has 2 aromatic rings. The Bertz CT molecular complexity index is 635. The molecule has 0 atom stereocenters. The van der Waals surface area contributed by atoms with Gasteiger partial charge in [0.15, 0.2) is 5.78 Å². The molecule has 0 aliphatic heterocycles. The lowest BCUT2D eigenvalue weighted by molar-refractivity contribution is 0.0988. The topological polar surface area (TPSA) is 17.1 Å². The highest BCUT2D eigenvalue weighted by Crippen LogP contribution is 2.16. The van der Waals surface area contributed by atoms with E-state index in [2.05, 4.69) is 0 Å². The van der Waals surface area contributed by atoms with Crippen molar-refractivity contribution in [3.8, 4) is 0 Å². The number of halogens is 3. The molecule has 0 radical (unpaired) electrons. The first-order chi connectivity index (χ1) is 8.97. The molecule has 4 heteroatoms. The molecule has 0 aromatic heterocycles. The summed E-state index contributed by atoms with van der Waals surface area (Å²) in [5.41, 5.74) is 0.906. The van der Waals surface area contributed by atoms with Gasteiger partial charge in [-0.3, -0.25) is 4.79 Å². The van der Waals surface area contributed by atoms with Crippen molar-refractivity contribution in [3.63, 3.8) is 0 Å². The van der Waals surface area contributed by atoms with Gasteiger partial charge in [0, 0.05) is 6.42 Å². The van der Waals surface area contributed by atoms with Crippen LogP contribution in [0.2, 0.25) is 0 Å². The fourth-order valence-corrected chi connectivity index (χ4v) is 1.84. The van der Waals surface area contributed by atoms with E-state index in [4.69, 9.17) is 0 Å². The average Bonchev–Trinajstić information content (AvgIpc) is 2.35. The van der Waals surface area contributed by atoms with Crippen molar-refractivity contribution >= 4 is 5.78 Å². The van der Waals surface area contributed by atoms with Crippen LogP contribution in [0.15, 0.2) is 36.4 Å². The summed E-state index contributed by atoms with van der Waals surface area (Å²) < 4.78 is 39.4. The van der Waals surface area contributed by atoms with Crippen LogP contribution in [0.25, 0.3) is 0 Å². The van der Waals surface area contributed by atoms with Crippen molar-refractivity contribution in [2.75, 3.05) is 0 Å². The van der Waals surface area contributed by atoms with Crippen LogP contribution in [0.5, 0.6) is 0 Å². The van der Waals surface area contributed by atoms with Gasteiger partial charge < -0.3 is 0 Å². The summed E-state index contributed by atoms with van der Waals surface area (Å²) in [6.45, 7) is 1.66. The second-order valence-corrected chi connectivity index (χ2v) is 4.29. The summed E-state index contributed by atoms with van der Waals surface area (Å²) in [4.78, 5) is 11.9. The van der Waals surface area contributed by atoms with E-state index in [-0.39, 0.29) is 12.0 Å². The number of hydrogen-bond acceptors (Lipinski definition) is 1. The minimum absolute atomic E-state index is 0.0908. The molecule has 1 nitrogen and oxygen atoms in total. The Morgan fingerprint density at radius 2 is 1.63 bits per heavy atom. The maximum absolute atomic E-state index is 13.4. The molecule has 0 N–H and O–H groups in total. The first-order valence-electron chi connectivity index (χ1n) is 5.70. The molecule has 0 aliphatic rings. The largest absolute Gasteiger partial charge is 0.294 e. The van der Waals surface area contributed by atoms with Crippen LogP contribution in [-0.2, 0) is 6.42 Å². The summed E-state index contributed by atoms with van der Waals surface area (Å²) >= 11 is 0. The lowest BCUT2D eigenvalue weighted by atomic mass is 9.99. The summed E-state index contributed by atoms with van der Waals surface area (Å²) in [5, 5.41) is 0. The quantitative estimate of drug-likeness (QED) is 0.770. The van der Waals surface area contributed by atoms with Crippen molar-refractivity contribution < 1.29 is 18.0 Å². The second-order valence-electron chi connectivity index (χ2n) is 4.29. The standard InChI is InChI=1S/C15H11F3O/c1-9-6-11(16)3-2-10(9)7-15(19)13-8-12(17)4-5-14(13)18/h2-6,8H,7H2,1H3. The minimum atomic E-state index is -0.758. The van der Waals surface area contributed by atoms with E-state index in [1.807, 2.05) is 0 Å². The summed E-state index contributed by atoms with van der Waals surface area (Å²) in [6.07, 6.45) is -0.0908. The third kappa shape index (κ3) is 3.02. The van der Waals surface area contributed by atoms with E-state index in [9.17, 15) is 18.0 Å². The smallest absolute Gasteiger partial charge is 0.170 e. The molecule has 0 spiro atoms. The molecule has 0 saturated heterocycles. The van der Waals surface area contributed by atoms with Gasteiger partial charge in [-0.15, -0.1) is 0 Å². The fraction of sp³-hybridized carbons (Fsp3) is 0.133. The van der Waals surface area contributed by atoms with Crippen LogP contribution in [-0.4, -0.2) is 5.78 Å². The van der Waals surface area contributed by atoms with Gasteiger partial charge in [0.2, 0.25) is 0 Å². The number of hydrogen-bond donors (Lipinski definition) is 0. The van der Waals surface area contributed by atoms with E-state index in [1.165, 1.54) is 18.2 Å². The summed E-state index contributed by atoms with van der Waals surface area (Å²) in [7, 11) is 0. The van der Waals surface area contributed by atoms with E-state index < -0.39 is 23.2 Å². The van der Waals surface area contributed by atoms with Gasteiger partial charge in [-0.1, -0.05) is 6.07 Å². The Morgan fingerprint density at radius 1 is 1.00 bits per heavy atom. The van der Waals surface area contributed by atoms with Gasteiger partial charge in [-0.05, 0) is 48.4 Å². The van der Waals surface area contributed by atoms with Crippen LogP contribution < -0.4 is 0 Å². The monoisotopic (exact) mass is 264 g/mol. The Balaban J connectivity index is 2.28. The number of Topliss-reactive ketones (excluding diaryl/α,β-unsaturated/α-hetero) is 1. The van der Waals surface area contributed by atoms with Crippen LogP contribution in [0.4, 0.5) is 13.2 Å². The minimum Gasteiger partial charge on any atom is -0.294 e. The van der Waals surface area contributed by atoms with Crippen LogP contribution in [0.1, 0.15) is 21.5 Å². The highest BCUT2D eigenvalue weighted by atomic mass is 19.1. The highest BCUT2D eigenvalue weighted by Gasteiger charge is 2.14. The Kier molecular flexibility index (Phi) is 3.69. The zero-order valence-electron chi connectivity index (χ0n) is 10.2. The average molecular weight is 264 g/mol. The highest BCUT2D eigenvalue weighted by molar-refractivity contribution is 5.97. The molecule has 2 aromatic carbocycles. The molecule has 0 fully saturated rings. The number of ketones is 1. The SMILES string of the molecule is Cc1cc(F)ccc1CC(=O)c1cc(F)ccc1F. The number of aryl methyl sites for hydroxylation is 1. The third-order valence-corrected chi connectivity index (χ3v) is 2.88.